The van der Waals surface area contributed by atoms with Crippen molar-refractivity contribution in [3.8, 4) is 0 Å². The van der Waals surface area contributed by atoms with Gasteiger partial charge in [0.1, 0.15) is 6.23 Å². The Kier molecular flexibility index (Phi) is 5.19. The molecule has 0 amide bonds. The predicted molar refractivity (Wildman–Crippen MR) is 54.5 cm³/mol. The maximum Gasteiger partial charge on any atom is 0.108 e. The molecule has 1 unspecified atom stereocenters. The standard InChI is InChI=1S/C9H18BrNO/c10-6-5-9(12)11-7-3-1-2-4-8-11/h9,12H,1-8H2. The van der Waals surface area contributed by atoms with E-state index in [0.29, 0.717) is 0 Å². The fourth-order valence-corrected chi connectivity index (χ4v) is 2.08. The first kappa shape index (κ1) is 10.5. The van der Waals surface area contributed by atoms with E-state index in [9.17, 15) is 5.11 Å². The molecule has 72 valence electrons. The first-order valence-electron chi connectivity index (χ1n) is 4.82. The summed E-state index contributed by atoms with van der Waals surface area (Å²) in [5, 5.41) is 10.6. The minimum absolute atomic E-state index is 0.220. The van der Waals surface area contributed by atoms with Crippen molar-refractivity contribution in [2.45, 2.75) is 38.3 Å². The Hall–Kier alpha value is 0.400. The maximum absolute atomic E-state index is 9.69. The summed E-state index contributed by atoms with van der Waals surface area (Å²) >= 11 is 3.35. The largest absolute Gasteiger partial charge is 0.378 e. The lowest BCUT2D eigenvalue weighted by molar-refractivity contribution is 0.00470. The van der Waals surface area contributed by atoms with Gasteiger partial charge in [0, 0.05) is 18.4 Å². The van der Waals surface area contributed by atoms with Gasteiger partial charge >= 0.3 is 0 Å². The van der Waals surface area contributed by atoms with Crippen molar-refractivity contribution in [3.63, 3.8) is 0 Å². The number of halogens is 1. The molecular weight excluding hydrogens is 218 g/mol. The first-order valence-corrected chi connectivity index (χ1v) is 5.95. The van der Waals surface area contributed by atoms with E-state index in [1.165, 1.54) is 25.7 Å². The van der Waals surface area contributed by atoms with Crippen LogP contribution in [0.3, 0.4) is 0 Å². The molecule has 1 fully saturated rings. The van der Waals surface area contributed by atoms with Crippen LogP contribution in [-0.4, -0.2) is 34.7 Å². The SMILES string of the molecule is OC(CCBr)N1CCCCCC1. The second kappa shape index (κ2) is 5.95. The topological polar surface area (TPSA) is 23.5 Å². The van der Waals surface area contributed by atoms with Crippen LogP contribution in [0.1, 0.15) is 32.1 Å². The van der Waals surface area contributed by atoms with Gasteiger partial charge in [0.05, 0.1) is 0 Å². The van der Waals surface area contributed by atoms with Crippen LogP contribution in [0, 0.1) is 0 Å². The monoisotopic (exact) mass is 235 g/mol. The van der Waals surface area contributed by atoms with Crippen LogP contribution in [0.4, 0.5) is 0 Å². The lowest BCUT2D eigenvalue weighted by Crippen LogP contribution is -2.36. The van der Waals surface area contributed by atoms with Crippen LogP contribution in [-0.2, 0) is 0 Å². The van der Waals surface area contributed by atoms with Crippen LogP contribution < -0.4 is 0 Å². The van der Waals surface area contributed by atoms with Gasteiger partial charge in [-0.15, -0.1) is 0 Å². The van der Waals surface area contributed by atoms with E-state index in [1.54, 1.807) is 0 Å². The number of hydrogen-bond acceptors (Lipinski definition) is 2. The van der Waals surface area contributed by atoms with Crippen molar-refractivity contribution in [2.24, 2.45) is 0 Å². The number of aliphatic hydroxyl groups is 1. The van der Waals surface area contributed by atoms with Gasteiger partial charge in [0.25, 0.3) is 0 Å². The second-order valence-corrected chi connectivity index (χ2v) is 4.20. The van der Waals surface area contributed by atoms with Crippen molar-refractivity contribution in [1.29, 1.82) is 0 Å². The number of alkyl halides is 1. The molecule has 1 atom stereocenters. The smallest absolute Gasteiger partial charge is 0.108 e. The van der Waals surface area contributed by atoms with Gasteiger partial charge in [-0.3, -0.25) is 4.90 Å². The van der Waals surface area contributed by atoms with Crippen LogP contribution >= 0.6 is 15.9 Å². The van der Waals surface area contributed by atoms with Gasteiger partial charge < -0.3 is 5.11 Å². The number of hydrogen-bond donors (Lipinski definition) is 1. The number of aliphatic hydroxyl groups excluding tert-OH is 1. The molecule has 0 spiro atoms. The molecule has 1 heterocycles. The third kappa shape index (κ3) is 3.42. The van der Waals surface area contributed by atoms with E-state index in [1.807, 2.05) is 0 Å². The summed E-state index contributed by atoms with van der Waals surface area (Å²) in [6.45, 7) is 2.16. The summed E-state index contributed by atoms with van der Waals surface area (Å²) in [4.78, 5) is 2.20. The van der Waals surface area contributed by atoms with E-state index in [4.69, 9.17) is 0 Å². The molecule has 0 radical (unpaired) electrons. The van der Waals surface area contributed by atoms with Crippen molar-refractivity contribution in [2.75, 3.05) is 18.4 Å². The Morgan fingerprint density at radius 1 is 1.17 bits per heavy atom. The van der Waals surface area contributed by atoms with Gasteiger partial charge in [-0.2, -0.15) is 0 Å². The molecule has 1 rings (SSSR count). The Morgan fingerprint density at radius 2 is 1.75 bits per heavy atom. The number of rotatable bonds is 3. The molecular formula is C9H18BrNO. The highest BCUT2D eigenvalue weighted by atomic mass is 79.9. The third-order valence-corrected chi connectivity index (χ3v) is 2.89. The summed E-state index contributed by atoms with van der Waals surface area (Å²) < 4.78 is 0. The van der Waals surface area contributed by atoms with Crippen molar-refractivity contribution >= 4 is 15.9 Å². The van der Waals surface area contributed by atoms with Crippen molar-refractivity contribution in [3.05, 3.63) is 0 Å². The molecule has 1 aliphatic rings. The summed E-state index contributed by atoms with van der Waals surface area (Å²) in [5.41, 5.74) is 0. The average Bonchev–Trinajstić information content (AvgIpc) is 2.32. The van der Waals surface area contributed by atoms with Crippen LogP contribution in [0.5, 0.6) is 0 Å². The quantitative estimate of drug-likeness (QED) is 0.757. The summed E-state index contributed by atoms with van der Waals surface area (Å²) in [6, 6.07) is 0. The van der Waals surface area contributed by atoms with Crippen LogP contribution in [0.25, 0.3) is 0 Å². The summed E-state index contributed by atoms with van der Waals surface area (Å²) in [6.07, 6.45) is 5.79. The van der Waals surface area contributed by atoms with E-state index in [-0.39, 0.29) is 6.23 Å². The zero-order valence-corrected chi connectivity index (χ0v) is 9.09. The van der Waals surface area contributed by atoms with Crippen LogP contribution in [0.2, 0.25) is 0 Å². The summed E-state index contributed by atoms with van der Waals surface area (Å²) in [7, 11) is 0. The highest BCUT2D eigenvalue weighted by Gasteiger charge is 2.15. The zero-order valence-electron chi connectivity index (χ0n) is 7.51. The summed E-state index contributed by atoms with van der Waals surface area (Å²) in [5.74, 6) is 0. The van der Waals surface area contributed by atoms with Crippen LogP contribution in [0.15, 0.2) is 0 Å². The van der Waals surface area contributed by atoms with E-state index in [0.717, 1.165) is 24.8 Å². The Morgan fingerprint density at radius 3 is 2.25 bits per heavy atom. The van der Waals surface area contributed by atoms with Gasteiger partial charge in [-0.25, -0.2) is 0 Å². The molecule has 0 saturated carbocycles. The maximum atomic E-state index is 9.69. The average molecular weight is 236 g/mol. The number of likely N-dealkylation sites (tertiary alicyclic amines) is 1. The van der Waals surface area contributed by atoms with E-state index < -0.39 is 0 Å². The zero-order chi connectivity index (χ0) is 8.81. The predicted octanol–water partition coefficient (Wildman–Crippen LogP) is 1.97. The van der Waals surface area contributed by atoms with Gasteiger partial charge in [0.15, 0.2) is 0 Å². The highest BCUT2D eigenvalue weighted by Crippen LogP contribution is 2.13. The molecule has 0 aromatic heterocycles. The van der Waals surface area contributed by atoms with Crippen molar-refractivity contribution < 1.29 is 5.11 Å². The fourth-order valence-electron chi connectivity index (χ4n) is 1.67. The Bertz CT molecular complexity index is 113. The normalized spacial score (nSPS) is 23.5. The minimum Gasteiger partial charge on any atom is -0.378 e. The number of nitrogens with zero attached hydrogens (tertiary/aromatic N) is 1. The molecule has 1 N–H and O–H groups in total. The van der Waals surface area contributed by atoms with Gasteiger partial charge in [-0.05, 0) is 19.3 Å². The molecule has 2 nitrogen and oxygen atoms in total. The third-order valence-electron chi connectivity index (χ3n) is 2.43. The highest BCUT2D eigenvalue weighted by molar-refractivity contribution is 9.09. The second-order valence-electron chi connectivity index (χ2n) is 3.41. The fraction of sp³-hybridized carbons (Fsp3) is 1.00. The molecule has 3 heteroatoms. The molecule has 0 aromatic carbocycles. The molecule has 0 bridgehead atoms. The van der Waals surface area contributed by atoms with Gasteiger partial charge in [0.2, 0.25) is 0 Å². The Labute approximate surface area is 83.1 Å². The van der Waals surface area contributed by atoms with E-state index in [2.05, 4.69) is 20.8 Å². The van der Waals surface area contributed by atoms with Gasteiger partial charge in [-0.1, -0.05) is 28.8 Å². The molecule has 1 aliphatic heterocycles. The molecule has 0 aliphatic carbocycles. The van der Waals surface area contributed by atoms with E-state index >= 15 is 0 Å². The minimum atomic E-state index is -0.220. The lowest BCUT2D eigenvalue weighted by Gasteiger charge is -2.25. The molecule has 0 aromatic rings. The Balaban J connectivity index is 2.27. The van der Waals surface area contributed by atoms with Crippen molar-refractivity contribution in [1.82, 2.24) is 4.90 Å². The molecule has 12 heavy (non-hydrogen) atoms. The lowest BCUT2D eigenvalue weighted by atomic mass is 10.2. The first-order chi connectivity index (χ1) is 5.84. The molecule has 1 saturated heterocycles.